The van der Waals surface area contributed by atoms with Crippen molar-refractivity contribution >= 4 is 44.9 Å². The van der Waals surface area contributed by atoms with Gasteiger partial charge in [-0.1, -0.05) is 11.6 Å². The summed E-state index contributed by atoms with van der Waals surface area (Å²) in [7, 11) is -1.62. The van der Waals surface area contributed by atoms with Crippen LogP contribution in [0.15, 0.2) is 12.3 Å². The number of aromatic nitrogens is 3. The molecule has 3 rings (SSSR count). The first-order valence-corrected chi connectivity index (χ1v) is 15.4. The van der Waals surface area contributed by atoms with Crippen LogP contribution in [0.4, 0.5) is 19.0 Å². The summed E-state index contributed by atoms with van der Waals surface area (Å²) in [6.07, 6.45) is 5.29. The molecule has 2 heterocycles. The molecule has 1 aliphatic rings. The van der Waals surface area contributed by atoms with Gasteiger partial charge >= 0.3 is 5.51 Å². The fraction of sp³-hybridized carbons (Fsp3) is 0.609. The summed E-state index contributed by atoms with van der Waals surface area (Å²) in [6, 6.07) is 1.55. The van der Waals surface area contributed by atoms with Gasteiger partial charge < -0.3 is 15.4 Å². The van der Waals surface area contributed by atoms with Crippen molar-refractivity contribution in [2.75, 3.05) is 37.5 Å². The van der Waals surface area contributed by atoms with Crippen LogP contribution in [0.25, 0.3) is 11.3 Å². The van der Waals surface area contributed by atoms with Gasteiger partial charge in [-0.25, -0.2) is 13.4 Å². The number of aryl methyl sites for hydroxylation is 1. The summed E-state index contributed by atoms with van der Waals surface area (Å²) >= 11 is 6.50. The van der Waals surface area contributed by atoms with Crippen LogP contribution in [0.5, 0.6) is 5.75 Å². The van der Waals surface area contributed by atoms with E-state index in [4.69, 9.17) is 16.3 Å². The lowest BCUT2D eigenvalue weighted by Crippen LogP contribution is -2.34. The number of amides is 1. The molecule has 0 aromatic carbocycles. The Morgan fingerprint density at radius 3 is 2.55 bits per heavy atom. The highest BCUT2D eigenvalue weighted by molar-refractivity contribution is 8.00. The molecule has 0 bridgehead atoms. The Hall–Kier alpha value is -2.19. The van der Waals surface area contributed by atoms with E-state index in [1.54, 1.807) is 10.7 Å². The summed E-state index contributed by atoms with van der Waals surface area (Å²) in [5, 5.41) is 9.87. The lowest BCUT2D eigenvalue weighted by Gasteiger charge is -2.27. The number of hydrogen-bond donors (Lipinski definition) is 2. The minimum absolute atomic E-state index is 0.0433. The predicted molar refractivity (Wildman–Crippen MR) is 143 cm³/mol. The zero-order valence-corrected chi connectivity index (χ0v) is 23.7. The average Bonchev–Trinajstić information content (AvgIpc) is 3.20. The molecule has 1 saturated carbocycles. The Kier molecular flexibility index (Phi) is 10.2. The van der Waals surface area contributed by atoms with E-state index < -0.39 is 21.3 Å². The van der Waals surface area contributed by atoms with E-state index in [-0.39, 0.29) is 45.9 Å². The van der Waals surface area contributed by atoms with Crippen LogP contribution in [0.3, 0.4) is 0 Å². The molecule has 2 N–H and O–H groups in total. The fourth-order valence-corrected chi connectivity index (χ4v) is 6.27. The second kappa shape index (κ2) is 12.8. The van der Waals surface area contributed by atoms with E-state index in [2.05, 4.69) is 20.7 Å². The minimum Gasteiger partial charge on any atom is -0.496 e. The summed E-state index contributed by atoms with van der Waals surface area (Å²) < 4.78 is 67.6. The van der Waals surface area contributed by atoms with E-state index >= 15 is 0 Å². The molecule has 0 aliphatic heterocycles. The molecule has 0 unspecified atom stereocenters. The molecule has 9 nitrogen and oxygen atoms in total. The highest BCUT2D eigenvalue weighted by atomic mass is 35.5. The number of carbonyl (C=O) groups is 1. The maximum Gasteiger partial charge on any atom is 0.441 e. The molecule has 1 aliphatic carbocycles. The number of rotatable bonds is 11. The first kappa shape index (κ1) is 30.4. The Balaban J connectivity index is 1.70. The largest absolute Gasteiger partial charge is 0.496 e. The van der Waals surface area contributed by atoms with Gasteiger partial charge in [-0.15, -0.1) is 0 Å². The number of carbonyl (C=O) groups excluding carboxylic acids is 1. The Morgan fingerprint density at radius 2 is 1.97 bits per heavy atom. The molecule has 1 amide bonds. The number of methoxy groups -OCH3 is 1. The number of nitrogens with one attached hydrogen (secondary N) is 2. The van der Waals surface area contributed by atoms with Gasteiger partial charge in [0, 0.05) is 43.9 Å². The molecule has 0 spiro atoms. The number of nitrogens with zero attached hydrogens (tertiary/aromatic N) is 3. The maximum atomic E-state index is 13.0. The molecular weight excluding hydrogens is 567 g/mol. The third-order valence-corrected chi connectivity index (χ3v) is 9.15. The molecule has 2 aromatic heterocycles. The van der Waals surface area contributed by atoms with Crippen molar-refractivity contribution < 1.29 is 31.1 Å². The van der Waals surface area contributed by atoms with Crippen LogP contribution in [0.1, 0.15) is 43.1 Å². The second-order valence-corrected chi connectivity index (χ2v) is 12.9. The number of ether oxygens (including phenoxy) is 1. The third kappa shape index (κ3) is 7.92. The molecule has 15 heteroatoms. The molecular formula is C23H31ClF3N5O4S2. The van der Waals surface area contributed by atoms with Crippen LogP contribution >= 0.6 is 23.4 Å². The summed E-state index contributed by atoms with van der Waals surface area (Å²) in [5.41, 5.74) is -3.35. The van der Waals surface area contributed by atoms with Gasteiger partial charge in [-0.05, 0) is 50.3 Å². The number of halogens is 4. The number of hydrogen-bond acceptors (Lipinski definition) is 8. The highest BCUT2D eigenvalue weighted by Crippen LogP contribution is 2.38. The van der Waals surface area contributed by atoms with Gasteiger partial charge in [0.2, 0.25) is 0 Å². The zero-order chi connectivity index (χ0) is 28.1. The van der Waals surface area contributed by atoms with Gasteiger partial charge in [0.25, 0.3) is 5.91 Å². The number of pyridine rings is 1. The Labute approximate surface area is 229 Å². The lowest BCUT2D eigenvalue weighted by molar-refractivity contribution is -0.0327. The molecule has 1 fully saturated rings. The van der Waals surface area contributed by atoms with Crippen LogP contribution in [0.2, 0.25) is 5.02 Å². The Bertz CT molecular complexity index is 1230. The first-order valence-electron chi connectivity index (χ1n) is 12.1. The zero-order valence-electron chi connectivity index (χ0n) is 21.3. The average molecular weight is 598 g/mol. The summed E-state index contributed by atoms with van der Waals surface area (Å²) in [4.78, 5) is 17.2. The van der Waals surface area contributed by atoms with Crippen molar-refractivity contribution in [3.8, 4) is 17.0 Å². The first-order chi connectivity index (χ1) is 17.8. The monoisotopic (exact) mass is 597 g/mol. The van der Waals surface area contributed by atoms with Crippen LogP contribution in [-0.2, 0) is 16.4 Å². The minimum atomic E-state index is -4.30. The molecule has 0 atom stereocenters. The van der Waals surface area contributed by atoms with E-state index in [1.165, 1.54) is 19.6 Å². The van der Waals surface area contributed by atoms with Crippen LogP contribution < -0.4 is 15.4 Å². The van der Waals surface area contributed by atoms with E-state index in [0.717, 1.165) is 0 Å². The SMILES string of the molecule is CCn1nc(C(=O)NC[C@H]2CC[C@H](S(C)(=O)=O)CC2)c(Cl)c1-c1cnc(NCCSC(F)(F)F)cc1OC. The van der Waals surface area contributed by atoms with E-state index in [0.29, 0.717) is 61.6 Å². The molecule has 212 valence electrons. The molecule has 38 heavy (non-hydrogen) atoms. The van der Waals surface area contributed by atoms with Crippen molar-refractivity contribution in [2.24, 2.45) is 5.92 Å². The summed E-state index contributed by atoms with van der Waals surface area (Å²) in [5.74, 6) is 0.234. The number of sulfone groups is 1. The standard InChI is InChI=1S/C23H31ClF3N5O4S2/c1-4-32-21(16-13-29-18(11-17(16)36-2)28-9-10-37-23(25,26)27)19(24)20(31-32)22(33)30-12-14-5-7-15(8-6-14)38(3,34)35/h11,13-15H,4-10,12H2,1-3H3,(H,28,29)(H,30,33)/t14-,15-. The topological polar surface area (TPSA) is 115 Å². The van der Waals surface area contributed by atoms with Gasteiger partial charge in [0.1, 0.15) is 21.4 Å². The lowest BCUT2D eigenvalue weighted by atomic mass is 9.89. The highest BCUT2D eigenvalue weighted by Gasteiger charge is 2.30. The smallest absolute Gasteiger partial charge is 0.441 e. The van der Waals surface area contributed by atoms with Gasteiger partial charge in [-0.2, -0.15) is 18.3 Å². The maximum absolute atomic E-state index is 13.0. The predicted octanol–water partition coefficient (Wildman–Crippen LogP) is 4.63. The Morgan fingerprint density at radius 1 is 1.29 bits per heavy atom. The van der Waals surface area contributed by atoms with Gasteiger partial charge in [0.15, 0.2) is 5.69 Å². The van der Waals surface area contributed by atoms with Crippen LogP contribution in [-0.4, -0.2) is 72.1 Å². The fourth-order valence-electron chi connectivity index (χ4n) is 4.38. The van der Waals surface area contributed by atoms with Crippen LogP contribution in [0, 0.1) is 5.92 Å². The summed E-state index contributed by atoms with van der Waals surface area (Å²) in [6.45, 7) is 2.67. The van der Waals surface area contributed by atoms with Crippen molar-refractivity contribution in [1.82, 2.24) is 20.1 Å². The third-order valence-electron chi connectivity index (χ3n) is 6.37. The normalized spacial score (nSPS) is 18.3. The van der Waals surface area contributed by atoms with E-state index in [1.807, 2.05) is 6.92 Å². The quantitative estimate of drug-likeness (QED) is 0.361. The van der Waals surface area contributed by atoms with Crippen molar-refractivity contribution in [2.45, 2.75) is 49.9 Å². The van der Waals surface area contributed by atoms with Gasteiger partial charge in [-0.3, -0.25) is 9.48 Å². The number of thioether (sulfide) groups is 1. The second-order valence-electron chi connectivity index (χ2n) is 9.00. The molecule has 0 radical (unpaired) electrons. The van der Waals surface area contributed by atoms with Crippen molar-refractivity contribution in [3.63, 3.8) is 0 Å². The molecule has 0 saturated heterocycles. The van der Waals surface area contributed by atoms with Gasteiger partial charge in [0.05, 0.1) is 28.6 Å². The van der Waals surface area contributed by atoms with Crippen molar-refractivity contribution in [3.05, 3.63) is 23.0 Å². The van der Waals surface area contributed by atoms with Crippen molar-refractivity contribution in [1.29, 1.82) is 0 Å². The number of alkyl halides is 3. The number of anilines is 1. The molecule has 2 aromatic rings. The van der Waals surface area contributed by atoms with E-state index in [9.17, 15) is 26.4 Å².